The number of aryl methyl sites for hydroxylation is 1. The summed E-state index contributed by atoms with van der Waals surface area (Å²) >= 11 is 11.4. The topological polar surface area (TPSA) is 9.23 Å². The van der Waals surface area contributed by atoms with E-state index in [9.17, 15) is 8.78 Å². The first kappa shape index (κ1) is 12.5. The molecular weight excluding hydrogens is 245 g/mol. The number of alkyl halides is 3. The second kappa shape index (κ2) is 6.13. The van der Waals surface area contributed by atoms with Gasteiger partial charge in [0, 0.05) is 10.9 Å². The molecule has 5 heteroatoms. The van der Waals surface area contributed by atoms with Gasteiger partial charge in [-0.1, -0.05) is 11.6 Å². The van der Waals surface area contributed by atoms with Gasteiger partial charge in [0.1, 0.15) is 5.75 Å². The fraction of sp³-hybridized carbons (Fsp3) is 0.400. The second-order valence-corrected chi connectivity index (χ2v) is 3.71. The molecule has 0 amide bonds. The van der Waals surface area contributed by atoms with Gasteiger partial charge in [-0.15, -0.1) is 11.6 Å². The average Bonchev–Trinajstić information content (AvgIpc) is 2.18. The van der Waals surface area contributed by atoms with Gasteiger partial charge in [-0.3, -0.25) is 0 Å². The summed E-state index contributed by atoms with van der Waals surface area (Å²) in [5.74, 6) is 0.634. The van der Waals surface area contributed by atoms with Crippen molar-refractivity contribution < 1.29 is 13.5 Å². The van der Waals surface area contributed by atoms with Crippen LogP contribution >= 0.6 is 23.2 Å². The average molecular weight is 255 g/mol. The summed E-state index contributed by atoms with van der Waals surface area (Å²) in [4.78, 5) is 0. The first-order chi connectivity index (χ1) is 7.13. The SMILES string of the molecule is FC(F)Oc1ccc(Cl)c(CCCCl)c1. The van der Waals surface area contributed by atoms with Crippen molar-refractivity contribution in [3.8, 4) is 5.75 Å². The van der Waals surface area contributed by atoms with Crippen molar-refractivity contribution in [3.05, 3.63) is 28.8 Å². The highest BCUT2D eigenvalue weighted by atomic mass is 35.5. The van der Waals surface area contributed by atoms with Gasteiger partial charge in [-0.2, -0.15) is 8.78 Å². The van der Waals surface area contributed by atoms with Crippen molar-refractivity contribution in [2.24, 2.45) is 0 Å². The molecule has 84 valence electrons. The van der Waals surface area contributed by atoms with Crippen LogP contribution in [0.4, 0.5) is 8.78 Å². The van der Waals surface area contributed by atoms with Crippen LogP contribution < -0.4 is 4.74 Å². The molecule has 1 nitrogen and oxygen atoms in total. The van der Waals surface area contributed by atoms with Gasteiger partial charge in [0.2, 0.25) is 0 Å². The van der Waals surface area contributed by atoms with E-state index in [0.717, 1.165) is 12.0 Å². The quantitative estimate of drug-likeness (QED) is 0.719. The number of rotatable bonds is 5. The largest absolute Gasteiger partial charge is 0.435 e. The van der Waals surface area contributed by atoms with Gasteiger partial charge in [-0.05, 0) is 36.6 Å². The third-order valence-corrected chi connectivity index (χ3v) is 2.46. The third kappa shape index (κ3) is 4.22. The predicted molar refractivity (Wildman–Crippen MR) is 57.1 cm³/mol. The van der Waals surface area contributed by atoms with Crippen LogP contribution in [0.25, 0.3) is 0 Å². The molecule has 0 aromatic heterocycles. The van der Waals surface area contributed by atoms with Crippen LogP contribution in [0.1, 0.15) is 12.0 Å². The minimum Gasteiger partial charge on any atom is -0.435 e. The molecule has 0 aliphatic carbocycles. The molecular formula is C10H10Cl2F2O. The molecule has 0 heterocycles. The zero-order valence-electron chi connectivity index (χ0n) is 7.85. The van der Waals surface area contributed by atoms with E-state index in [4.69, 9.17) is 23.2 Å². The van der Waals surface area contributed by atoms with Gasteiger partial charge in [0.15, 0.2) is 0 Å². The fourth-order valence-electron chi connectivity index (χ4n) is 1.18. The van der Waals surface area contributed by atoms with Crippen LogP contribution in [-0.4, -0.2) is 12.5 Å². The van der Waals surface area contributed by atoms with E-state index in [1.807, 2.05) is 0 Å². The smallest absolute Gasteiger partial charge is 0.387 e. The monoisotopic (exact) mass is 254 g/mol. The van der Waals surface area contributed by atoms with Crippen LogP contribution in [0.3, 0.4) is 0 Å². The van der Waals surface area contributed by atoms with Gasteiger partial charge >= 0.3 is 6.61 Å². The van der Waals surface area contributed by atoms with E-state index in [1.54, 1.807) is 6.07 Å². The first-order valence-electron chi connectivity index (χ1n) is 4.42. The van der Waals surface area contributed by atoms with Gasteiger partial charge in [-0.25, -0.2) is 0 Å². The van der Waals surface area contributed by atoms with Gasteiger partial charge < -0.3 is 4.74 Å². The lowest BCUT2D eigenvalue weighted by Crippen LogP contribution is -2.02. The lowest BCUT2D eigenvalue weighted by Gasteiger charge is -2.08. The molecule has 1 aromatic carbocycles. The number of hydrogen-bond acceptors (Lipinski definition) is 1. The van der Waals surface area contributed by atoms with Crippen LogP contribution in [0.15, 0.2) is 18.2 Å². The van der Waals surface area contributed by atoms with E-state index in [2.05, 4.69) is 4.74 Å². The van der Waals surface area contributed by atoms with Crippen molar-refractivity contribution in [1.29, 1.82) is 0 Å². The highest BCUT2D eigenvalue weighted by Gasteiger charge is 2.07. The molecule has 0 saturated carbocycles. The summed E-state index contributed by atoms with van der Waals surface area (Å²) in [5, 5.41) is 0.543. The number of benzene rings is 1. The normalized spacial score (nSPS) is 10.7. The summed E-state index contributed by atoms with van der Waals surface area (Å²) < 4.78 is 28.1. The Bertz CT molecular complexity index is 318. The fourth-order valence-corrected chi connectivity index (χ4v) is 1.52. The Labute approximate surface area is 96.9 Å². The molecule has 0 aliphatic rings. The molecule has 0 bridgehead atoms. The lowest BCUT2D eigenvalue weighted by molar-refractivity contribution is -0.0498. The zero-order valence-corrected chi connectivity index (χ0v) is 9.36. The molecule has 0 aliphatic heterocycles. The summed E-state index contributed by atoms with van der Waals surface area (Å²) in [5.41, 5.74) is 0.774. The molecule has 0 spiro atoms. The maximum atomic E-state index is 11.9. The molecule has 0 radical (unpaired) electrons. The molecule has 0 fully saturated rings. The van der Waals surface area contributed by atoms with E-state index in [1.165, 1.54) is 12.1 Å². The van der Waals surface area contributed by atoms with Crippen LogP contribution in [0.2, 0.25) is 5.02 Å². The summed E-state index contributed by atoms with van der Waals surface area (Å²) in [6.07, 6.45) is 1.40. The van der Waals surface area contributed by atoms with Crippen molar-refractivity contribution in [3.63, 3.8) is 0 Å². The molecule has 0 N–H and O–H groups in total. The molecule has 0 atom stereocenters. The van der Waals surface area contributed by atoms with Crippen molar-refractivity contribution >= 4 is 23.2 Å². The molecule has 15 heavy (non-hydrogen) atoms. The second-order valence-electron chi connectivity index (χ2n) is 2.92. The Morgan fingerprint density at radius 3 is 2.67 bits per heavy atom. The molecule has 0 saturated heterocycles. The highest BCUT2D eigenvalue weighted by molar-refractivity contribution is 6.31. The Kier molecular flexibility index (Phi) is 5.12. The predicted octanol–water partition coefficient (Wildman–Crippen LogP) is 4.11. The Hall–Kier alpha value is -0.540. The standard InChI is InChI=1S/C10H10Cl2F2O/c11-5-1-2-7-6-8(15-10(13)14)3-4-9(7)12/h3-4,6,10H,1-2,5H2. The molecule has 1 aromatic rings. The first-order valence-corrected chi connectivity index (χ1v) is 5.34. The number of ether oxygens (including phenoxy) is 1. The third-order valence-electron chi connectivity index (χ3n) is 1.82. The van der Waals surface area contributed by atoms with Crippen molar-refractivity contribution in [2.45, 2.75) is 19.5 Å². The van der Waals surface area contributed by atoms with Crippen LogP contribution in [-0.2, 0) is 6.42 Å². The lowest BCUT2D eigenvalue weighted by atomic mass is 10.1. The van der Waals surface area contributed by atoms with E-state index < -0.39 is 6.61 Å². The summed E-state index contributed by atoms with van der Waals surface area (Å²) in [6, 6.07) is 4.47. The van der Waals surface area contributed by atoms with Crippen LogP contribution in [0, 0.1) is 0 Å². The minimum absolute atomic E-state index is 0.124. The van der Waals surface area contributed by atoms with E-state index in [-0.39, 0.29) is 5.75 Å². The molecule has 0 unspecified atom stereocenters. The van der Waals surface area contributed by atoms with Gasteiger partial charge in [0.25, 0.3) is 0 Å². The number of hydrogen-bond donors (Lipinski definition) is 0. The van der Waals surface area contributed by atoms with Crippen molar-refractivity contribution in [1.82, 2.24) is 0 Å². The van der Waals surface area contributed by atoms with E-state index in [0.29, 0.717) is 17.3 Å². The maximum absolute atomic E-state index is 11.9. The zero-order chi connectivity index (χ0) is 11.3. The summed E-state index contributed by atoms with van der Waals surface area (Å²) in [6.45, 7) is -2.81. The van der Waals surface area contributed by atoms with E-state index >= 15 is 0 Å². The summed E-state index contributed by atoms with van der Waals surface area (Å²) in [7, 11) is 0. The Morgan fingerprint density at radius 2 is 2.07 bits per heavy atom. The number of halogens is 4. The Balaban J connectivity index is 2.75. The van der Waals surface area contributed by atoms with Crippen LogP contribution in [0.5, 0.6) is 5.75 Å². The Morgan fingerprint density at radius 1 is 1.33 bits per heavy atom. The highest BCUT2D eigenvalue weighted by Crippen LogP contribution is 2.24. The molecule has 1 rings (SSSR count). The minimum atomic E-state index is -2.81. The van der Waals surface area contributed by atoms with Gasteiger partial charge in [0.05, 0.1) is 0 Å². The maximum Gasteiger partial charge on any atom is 0.387 e. The van der Waals surface area contributed by atoms with Crippen molar-refractivity contribution in [2.75, 3.05) is 5.88 Å².